The van der Waals surface area contributed by atoms with E-state index in [0.717, 1.165) is 58.4 Å². The lowest BCUT2D eigenvalue weighted by molar-refractivity contribution is -0.133. The molecule has 0 bridgehead atoms. The molecule has 0 aromatic carbocycles. The van der Waals surface area contributed by atoms with Crippen LogP contribution >= 0.6 is 24.8 Å². The Kier molecular flexibility index (Phi) is 11.4. The Morgan fingerprint density at radius 1 is 1.26 bits per heavy atom. The normalized spacial score (nSPS) is 24.2. The summed E-state index contributed by atoms with van der Waals surface area (Å²) in [5, 5.41) is 12.8. The van der Waals surface area contributed by atoms with Gasteiger partial charge in [-0.3, -0.25) is 4.79 Å². The van der Waals surface area contributed by atoms with Crippen molar-refractivity contribution < 1.29 is 9.90 Å². The fourth-order valence-electron chi connectivity index (χ4n) is 3.53. The van der Waals surface area contributed by atoms with Crippen LogP contribution in [0.1, 0.15) is 39.0 Å². The van der Waals surface area contributed by atoms with Gasteiger partial charge in [0.15, 0.2) is 0 Å². The summed E-state index contributed by atoms with van der Waals surface area (Å²) in [5.41, 5.74) is 0. The maximum atomic E-state index is 12.4. The smallest absolute Gasteiger partial charge is 0.239 e. The van der Waals surface area contributed by atoms with Gasteiger partial charge in [0.25, 0.3) is 0 Å². The predicted octanol–water partition coefficient (Wildman–Crippen LogP) is 1.52. The summed E-state index contributed by atoms with van der Waals surface area (Å²) in [5.74, 6) is 0.869. The minimum Gasteiger partial charge on any atom is -0.392 e. The standard InChI is InChI=1S/C16H31N3O2.2ClH/c1-13(20)11-19-9-6-14(7-10-19)12-18(2)16(21)15-5-3-4-8-17-15;;/h13-15,17,20H,3-12H2,1-2H3;2*1H/t13?,15-;;/m1../s1. The van der Waals surface area contributed by atoms with Crippen molar-refractivity contribution in [3.63, 3.8) is 0 Å². The quantitative estimate of drug-likeness (QED) is 0.771. The Morgan fingerprint density at radius 2 is 1.91 bits per heavy atom. The van der Waals surface area contributed by atoms with E-state index < -0.39 is 0 Å². The number of likely N-dealkylation sites (tertiary alicyclic amines) is 1. The number of carbonyl (C=O) groups excluding carboxylic acids is 1. The van der Waals surface area contributed by atoms with Gasteiger partial charge in [-0.25, -0.2) is 0 Å². The van der Waals surface area contributed by atoms with E-state index in [4.69, 9.17) is 0 Å². The van der Waals surface area contributed by atoms with Crippen LogP contribution < -0.4 is 5.32 Å². The van der Waals surface area contributed by atoms with Gasteiger partial charge in [0, 0.05) is 20.1 Å². The lowest BCUT2D eigenvalue weighted by Crippen LogP contribution is -2.49. The molecule has 1 amide bonds. The maximum Gasteiger partial charge on any atom is 0.239 e. The highest BCUT2D eigenvalue weighted by atomic mass is 35.5. The van der Waals surface area contributed by atoms with Gasteiger partial charge in [-0.05, 0) is 58.2 Å². The van der Waals surface area contributed by atoms with E-state index in [1.807, 2.05) is 18.9 Å². The molecule has 2 aliphatic heterocycles. The summed E-state index contributed by atoms with van der Waals surface area (Å²) < 4.78 is 0. The monoisotopic (exact) mass is 369 g/mol. The summed E-state index contributed by atoms with van der Waals surface area (Å²) in [6.07, 6.45) is 5.34. The molecule has 23 heavy (non-hydrogen) atoms. The van der Waals surface area contributed by atoms with E-state index >= 15 is 0 Å². The molecule has 0 spiro atoms. The molecule has 2 rings (SSSR count). The number of piperidine rings is 2. The Morgan fingerprint density at radius 3 is 2.43 bits per heavy atom. The Balaban J connectivity index is 0.00000242. The Bertz CT molecular complexity index is 331. The largest absolute Gasteiger partial charge is 0.392 e. The number of aliphatic hydroxyl groups excluding tert-OH is 1. The molecule has 0 aromatic heterocycles. The predicted molar refractivity (Wildman–Crippen MR) is 98.6 cm³/mol. The summed E-state index contributed by atoms with van der Waals surface area (Å²) in [4.78, 5) is 16.7. The van der Waals surface area contributed by atoms with E-state index in [0.29, 0.717) is 5.92 Å². The number of rotatable bonds is 5. The summed E-state index contributed by atoms with van der Waals surface area (Å²) in [6.45, 7) is 6.54. The highest BCUT2D eigenvalue weighted by Gasteiger charge is 2.27. The van der Waals surface area contributed by atoms with E-state index in [2.05, 4.69) is 10.2 Å². The van der Waals surface area contributed by atoms with Gasteiger partial charge in [-0.2, -0.15) is 0 Å². The minimum atomic E-state index is -0.247. The van der Waals surface area contributed by atoms with Crippen LogP contribution in [-0.4, -0.2) is 72.7 Å². The fraction of sp³-hybridized carbons (Fsp3) is 0.938. The number of carbonyl (C=O) groups is 1. The van der Waals surface area contributed by atoms with Crippen molar-refractivity contribution in [2.75, 3.05) is 39.8 Å². The second kappa shape index (κ2) is 11.5. The van der Waals surface area contributed by atoms with Gasteiger partial charge in [-0.1, -0.05) is 6.42 Å². The van der Waals surface area contributed by atoms with Gasteiger partial charge in [-0.15, -0.1) is 24.8 Å². The summed E-state index contributed by atoms with van der Waals surface area (Å²) in [6, 6.07) is 0.0408. The van der Waals surface area contributed by atoms with Crippen LogP contribution in [0.5, 0.6) is 0 Å². The molecule has 7 heteroatoms. The lowest BCUT2D eigenvalue weighted by Gasteiger charge is -2.35. The average Bonchev–Trinajstić information content (AvgIpc) is 2.49. The lowest BCUT2D eigenvalue weighted by atomic mass is 9.95. The van der Waals surface area contributed by atoms with Gasteiger partial charge < -0.3 is 20.2 Å². The maximum absolute atomic E-state index is 12.4. The summed E-state index contributed by atoms with van der Waals surface area (Å²) >= 11 is 0. The van der Waals surface area contributed by atoms with E-state index in [-0.39, 0.29) is 42.9 Å². The van der Waals surface area contributed by atoms with Gasteiger partial charge in [0.2, 0.25) is 5.91 Å². The van der Waals surface area contributed by atoms with Crippen LogP contribution in [-0.2, 0) is 4.79 Å². The van der Waals surface area contributed by atoms with Crippen molar-refractivity contribution in [2.24, 2.45) is 5.92 Å². The van der Waals surface area contributed by atoms with Crippen LogP contribution in [0.25, 0.3) is 0 Å². The molecule has 1 unspecified atom stereocenters. The Hall–Kier alpha value is -0.0700. The van der Waals surface area contributed by atoms with E-state index in [1.54, 1.807) is 0 Å². The number of nitrogens with zero attached hydrogens (tertiary/aromatic N) is 2. The highest BCUT2D eigenvalue weighted by Crippen LogP contribution is 2.19. The van der Waals surface area contributed by atoms with Crippen LogP contribution in [0.2, 0.25) is 0 Å². The first-order valence-electron chi connectivity index (χ1n) is 8.45. The molecule has 0 saturated carbocycles. The van der Waals surface area contributed by atoms with Crippen molar-refractivity contribution in [2.45, 2.75) is 51.2 Å². The van der Waals surface area contributed by atoms with Gasteiger partial charge >= 0.3 is 0 Å². The molecule has 0 aliphatic carbocycles. The van der Waals surface area contributed by atoms with Crippen LogP contribution in [0, 0.1) is 5.92 Å². The zero-order valence-electron chi connectivity index (χ0n) is 14.4. The van der Waals surface area contributed by atoms with Crippen LogP contribution in [0.15, 0.2) is 0 Å². The highest BCUT2D eigenvalue weighted by molar-refractivity contribution is 5.85. The van der Waals surface area contributed by atoms with Crippen LogP contribution in [0.4, 0.5) is 0 Å². The van der Waals surface area contributed by atoms with Crippen molar-refractivity contribution >= 4 is 30.7 Å². The number of aliphatic hydroxyl groups is 1. The molecule has 0 radical (unpaired) electrons. The molecule has 2 fully saturated rings. The van der Waals surface area contributed by atoms with E-state index in [9.17, 15) is 9.90 Å². The molecular weight excluding hydrogens is 337 g/mol. The van der Waals surface area contributed by atoms with E-state index in [1.165, 1.54) is 6.42 Å². The summed E-state index contributed by atoms with van der Waals surface area (Å²) in [7, 11) is 1.95. The molecule has 2 saturated heterocycles. The first-order valence-corrected chi connectivity index (χ1v) is 8.45. The van der Waals surface area contributed by atoms with Crippen molar-refractivity contribution in [3.05, 3.63) is 0 Å². The first kappa shape index (κ1) is 22.9. The molecule has 5 nitrogen and oxygen atoms in total. The van der Waals surface area contributed by atoms with Crippen molar-refractivity contribution in [3.8, 4) is 0 Å². The Labute approximate surface area is 153 Å². The third kappa shape index (κ3) is 7.57. The third-order valence-electron chi connectivity index (χ3n) is 4.75. The first-order chi connectivity index (χ1) is 10.1. The number of β-amino-alcohol motifs (C(OH)–C–C–N with tert-alkyl or cyclic N) is 1. The number of nitrogens with one attached hydrogen (secondary N) is 1. The topological polar surface area (TPSA) is 55.8 Å². The molecule has 2 N–H and O–H groups in total. The molecule has 2 aliphatic rings. The zero-order valence-corrected chi connectivity index (χ0v) is 16.0. The molecule has 2 atom stereocenters. The number of likely N-dealkylation sites (N-methyl/N-ethyl adjacent to an activating group) is 1. The molecule has 0 aromatic rings. The van der Waals surface area contributed by atoms with Crippen molar-refractivity contribution in [1.29, 1.82) is 0 Å². The van der Waals surface area contributed by atoms with Crippen LogP contribution in [0.3, 0.4) is 0 Å². The number of halogens is 2. The average molecular weight is 370 g/mol. The molecule has 138 valence electrons. The minimum absolute atomic E-state index is 0. The zero-order chi connectivity index (χ0) is 15.2. The second-order valence-corrected chi connectivity index (χ2v) is 6.81. The molecule has 2 heterocycles. The third-order valence-corrected chi connectivity index (χ3v) is 4.75. The number of hydrogen-bond acceptors (Lipinski definition) is 4. The number of hydrogen-bond donors (Lipinski definition) is 2. The van der Waals surface area contributed by atoms with Crippen molar-refractivity contribution in [1.82, 2.24) is 15.1 Å². The fourth-order valence-corrected chi connectivity index (χ4v) is 3.53. The van der Waals surface area contributed by atoms with Gasteiger partial charge in [0.1, 0.15) is 0 Å². The molecular formula is C16H33Cl2N3O2. The SMILES string of the molecule is CC(O)CN1CCC(CN(C)C(=O)[C@H]2CCCCN2)CC1.Cl.Cl. The number of amides is 1. The van der Waals surface area contributed by atoms with Gasteiger partial charge in [0.05, 0.1) is 12.1 Å². The second-order valence-electron chi connectivity index (χ2n) is 6.81.